The summed E-state index contributed by atoms with van der Waals surface area (Å²) in [6, 6.07) is 19.3. The van der Waals surface area contributed by atoms with Crippen molar-refractivity contribution in [2.45, 2.75) is 10.9 Å². The minimum Gasteiger partial charge on any atom is -0.497 e. The van der Waals surface area contributed by atoms with E-state index in [1.54, 1.807) is 11.8 Å². The molecular formula is C21H16N6O2S2. The number of hydrogen-bond donors (Lipinski definition) is 1. The first-order valence-electron chi connectivity index (χ1n) is 9.35. The zero-order valence-corrected chi connectivity index (χ0v) is 18.0. The molecule has 31 heavy (non-hydrogen) atoms. The lowest BCUT2D eigenvalue weighted by Crippen LogP contribution is -2.09. The number of methoxy groups -OCH3 is 1. The molecule has 10 heteroatoms. The predicted octanol–water partition coefficient (Wildman–Crippen LogP) is 3.93. The average Bonchev–Trinajstić information content (AvgIpc) is 3.46. The number of H-pyrrole nitrogens is 1. The van der Waals surface area contributed by atoms with Crippen LogP contribution >= 0.6 is 23.1 Å². The van der Waals surface area contributed by atoms with Gasteiger partial charge in [-0.2, -0.15) is 4.68 Å². The molecule has 3 aromatic heterocycles. The van der Waals surface area contributed by atoms with Crippen molar-refractivity contribution < 1.29 is 4.74 Å². The van der Waals surface area contributed by atoms with Crippen LogP contribution in [-0.2, 0) is 5.75 Å². The number of thiophene rings is 1. The van der Waals surface area contributed by atoms with Gasteiger partial charge in [0, 0.05) is 4.88 Å². The third kappa shape index (κ3) is 3.94. The summed E-state index contributed by atoms with van der Waals surface area (Å²) in [5.41, 5.74) is 2.42. The molecule has 0 saturated heterocycles. The second-order valence-corrected chi connectivity index (χ2v) is 8.56. The van der Waals surface area contributed by atoms with Gasteiger partial charge >= 0.3 is 0 Å². The van der Waals surface area contributed by atoms with E-state index in [0.717, 1.165) is 21.9 Å². The third-order valence-electron chi connectivity index (χ3n) is 4.59. The highest BCUT2D eigenvalue weighted by Gasteiger charge is 2.13. The van der Waals surface area contributed by atoms with Crippen LogP contribution in [0.1, 0.15) is 5.82 Å². The van der Waals surface area contributed by atoms with Crippen molar-refractivity contribution in [2.24, 2.45) is 0 Å². The van der Waals surface area contributed by atoms with E-state index >= 15 is 0 Å². The minimum absolute atomic E-state index is 0.145. The van der Waals surface area contributed by atoms with Gasteiger partial charge in [0.15, 0.2) is 0 Å². The van der Waals surface area contributed by atoms with Gasteiger partial charge in [-0.3, -0.25) is 4.79 Å². The highest BCUT2D eigenvalue weighted by Crippen LogP contribution is 2.32. The van der Waals surface area contributed by atoms with Crippen LogP contribution in [0.5, 0.6) is 5.75 Å². The van der Waals surface area contributed by atoms with E-state index < -0.39 is 0 Å². The molecule has 0 fully saturated rings. The lowest BCUT2D eigenvalue weighted by Gasteiger charge is -2.03. The van der Waals surface area contributed by atoms with Gasteiger partial charge < -0.3 is 9.72 Å². The summed E-state index contributed by atoms with van der Waals surface area (Å²) < 4.78 is 7.48. The van der Waals surface area contributed by atoms with Gasteiger partial charge in [0.25, 0.3) is 5.56 Å². The summed E-state index contributed by atoms with van der Waals surface area (Å²) in [4.78, 5) is 21.1. The van der Waals surface area contributed by atoms with Crippen molar-refractivity contribution in [3.63, 3.8) is 0 Å². The van der Waals surface area contributed by atoms with E-state index in [0.29, 0.717) is 27.0 Å². The predicted molar refractivity (Wildman–Crippen MR) is 121 cm³/mol. The van der Waals surface area contributed by atoms with Crippen molar-refractivity contribution in [1.29, 1.82) is 0 Å². The Balaban J connectivity index is 1.40. The molecule has 0 bridgehead atoms. The minimum atomic E-state index is -0.145. The van der Waals surface area contributed by atoms with E-state index in [1.807, 2.05) is 60.7 Å². The maximum Gasteiger partial charge on any atom is 0.268 e. The van der Waals surface area contributed by atoms with Crippen molar-refractivity contribution in [1.82, 2.24) is 30.2 Å². The molecule has 3 heterocycles. The SMILES string of the molecule is COc1ccc(-c2cc3nc(CSc4nnnn4-c4ccccc4)[nH]c(=O)c3s2)cc1. The standard InChI is InChI=1S/C21H16N6O2S2/c1-29-15-9-7-13(8-10-15)17-11-16-19(31-17)20(28)23-18(22-16)12-30-21-24-25-26-27(21)14-5-3-2-4-6-14/h2-11H,12H2,1H3,(H,22,23,28). The maximum atomic E-state index is 12.6. The molecule has 0 radical (unpaired) electrons. The fraction of sp³-hybridized carbons (Fsp3) is 0.0952. The molecule has 0 atom stereocenters. The van der Waals surface area contributed by atoms with Crippen LogP contribution in [0.3, 0.4) is 0 Å². The number of tetrazole rings is 1. The molecule has 5 rings (SSSR count). The van der Waals surface area contributed by atoms with Gasteiger partial charge in [0.05, 0.1) is 24.1 Å². The number of ether oxygens (including phenoxy) is 1. The molecule has 0 aliphatic rings. The first-order chi connectivity index (χ1) is 15.2. The normalized spacial score (nSPS) is 11.1. The number of fused-ring (bicyclic) bond motifs is 1. The van der Waals surface area contributed by atoms with Crippen molar-refractivity contribution in [3.8, 4) is 21.9 Å². The Morgan fingerprint density at radius 3 is 2.71 bits per heavy atom. The number of nitrogens with zero attached hydrogens (tertiary/aromatic N) is 5. The van der Waals surface area contributed by atoms with E-state index in [4.69, 9.17) is 4.74 Å². The largest absolute Gasteiger partial charge is 0.497 e. The van der Waals surface area contributed by atoms with Gasteiger partial charge in [0.1, 0.15) is 16.3 Å². The summed E-state index contributed by atoms with van der Waals surface area (Å²) in [6.45, 7) is 0. The van der Waals surface area contributed by atoms with Crippen LogP contribution in [0.4, 0.5) is 0 Å². The summed E-state index contributed by atoms with van der Waals surface area (Å²) in [6.07, 6.45) is 0. The van der Waals surface area contributed by atoms with Crippen molar-refractivity contribution in [2.75, 3.05) is 7.11 Å². The molecule has 0 amide bonds. The van der Waals surface area contributed by atoms with Gasteiger partial charge in [-0.25, -0.2) is 4.98 Å². The van der Waals surface area contributed by atoms with Gasteiger partial charge in [-0.15, -0.1) is 16.4 Å². The summed E-state index contributed by atoms with van der Waals surface area (Å²) >= 11 is 2.83. The Kier molecular flexibility index (Phi) is 5.23. The molecule has 154 valence electrons. The Morgan fingerprint density at radius 2 is 1.94 bits per heavy atom. The number of hydrogen-bond acceptors (Lipinski definition) is 8. The smallest absolute Gasteiger partial charge is 0.268 e. The third-order valence-corrected chi connectivity index (χ3v) is 6.69. The second kappa shape index (κ2) is 8.32. The number of thioether (sulfide) groups is 1. The van der Waals surface area contributed by atoms with Crippen LogP contribution in [0, 0.1) is 0 Å². The zero-order valence-electron chi connectivity index (χ0n) is 16.3. The quantitative estimate of drug-likeness (QED) is 0.393. The Morgan fingerprint density at radius 1 is 1.13 bits per heavy atom. The van der Waals surface area contributed by atoms with Crippen LogP contribution in [-0.4, -0.2) is 37.3 Å². The monoisotopic (exact) mass is 448 g/mol. The molecular weight excluding hydrogens is 432 g/mol. The summed E-state index contributed by atoms with van der Waals surface area (Å²) in [7, 11) is 1.63. The Hall–Kier alpha value is -3.50. The molecule has 0 spiro atoms. The molecule has 2 aromatic carbocycles. The number of para-hydroxylation sites is 1. The number of benzene rings is 2. The van der Waals surface area contributed by atoms with Gasteiger partial charge in [-0.05, 0) is 58.5 Å². The molecule has 0 saturated carbocycles. The number of aromatic nitrogens is 6. The number of aromatic amines is 1. The molecule has 1 N–H and O–H groups in total. The molecule has 0 aliphatic heterocycles. The van der Waals surface area contributed by atoms with Crippen molar-refractivity contribution in [3.05, 3.63) is 76.8 Å². The van der Waals surface area contributed by atoms with Gasteiger partial charge in [0.2, 0.25) is 5.16 Å². The van der Waals surface area contributed by atoms with Crippen LogP contribution in [0.2, 0.25) is 0 Å². The van der Waals surface area contributed by atoms with Crippen LogP contribution < -0.4 is 10.3 Å². The molecule has 0 aliphatic carbocycles. The average molecular weight is 449 g/mol. The summed E-state index contributed by atoms with van der Waals surface area (Å²) in [5.74, 6) is 1.80. The summed E-state index contributed by atoms with van der Waals surface area (Å²) in [5, 5.41) is 12.5. The number of nitrogens with one attached hydrogen (secondary N) is 1. The fourth-order valence-electron chi connectivity index (χ4n) is 3.09. The van der Waals surface area contributed by atoms with Crippen LogP contribution in [0.15, 0.2) is 70.6 Å². The highest BCUT2D eigenvalue weighted by molar-refractivity contribution is 7.98. The fourth-order valence-corrected chi connectivity index (χ4v) is 4.85. The topological polar surface area (TPSA) is 98.6 Å². The van der Waals surface area contributed by atoms with Crippen LogP contribution in [0.25, 0.3) is 26.3 Å². The van der Waals surface area contributed by atoms with Gasteiger partial charge in [-0.1, -0.05) is 30.0 Å². The molecule has 0 unspecified atom stereocenters. The maximum absolute atomic E-state index is 12.6. The van der Waals surface area contributed by atoms with E-state index in [2.05, 4.69) is 25.5 Å². The second-order valence-electron chi connectivity index (χ2n) is 6.56. The highest BCUT2D eigenvalue weighted by atomic mass is 32.2. The Labute approximate surface area is 184 Å². The van der Waals surface area contributed by atoms with E-state index in [-0.39, 0.29) is 5.56 Å². The molecule has 5 aromatic rings. The first-order valence-corrected chi connectivity index (χ1v) is 11.2. The van der Waals surface area contributed by atoms with Crippen molar-refractivity contribution >= 4 is 33.3 Å². The molecule has 8 nitrogen and oxygen atoms in total. The Bertz CT molecular complexity index is 1390. The number of rotatable bonds is 6. The lowest BCUT2D eigenvalue weighted by molar-refractivity contribution is 0.415. The van der Waals surface area contributed by atoms with E-state index in [9.17, 15) is 4.79 Å². The van der Waals surface area contributed by atoms with E-state index in [1.165, 1.54) is 23.1 Å². The first kappa shape index (κ1) is 19.5. The zero-order chi connectivity index (χ0) is 21.2. The lowest BCUT2D eigenvalue weighted by atomic mass is 10.2.